The number of nitrogens with one attached hydrogen (secondary N) is 2. The van der Waals surface area contributed by atoms with Crippen molar-refractivity contribution in [1.29, 1.82) is 0 Å². The van der Waals surface area contributed by atoms with Gasteiger partial charge in [0, 0.05) is 25.6 Å². The smallest absolute Gasteiger partial charge is 0.220 e. The SMILES string of the molecule is Cl.O=C1CC[C@H](CNCc2ccccc2)N1. The van der Waals surface area contributed by atoms with Crippen LogP contribution < -0.4 is 10.6 Å². The molecule has 16 heavy (non-hydrogen) atoms. The molecule has 0 radical (unpaired) electrons. The van der Waals surface area contributed by atoms with Gasteiger partial charge in [-0.15, -0.1) is 12.4 Å². The molecule has 1 atom stereocenters. The third-order valence-corrected chi connectivity index (χ3v) is 2.65. The molecule has 0 unspecified atom stereocenters. The van der Waals surface area contributed by atoms with Crippen LogP contribution in [-0.4, -0.2) is 18.5 Å². The summed E-state index contributed by atoms with van der Waals surface area (Å²) in [5.41, 5.74) is 1.28. The molecule has 0 bridgehead atoms. The van der Waals surface area contributed by atoms with E-state index in [-0.39, 0.29) is 18.3 Å². The van der Waals surface area contributed by atoms with Gasteiger partial charge in [0.2, 0.25) is 5.91 Å². The van der Waals surface area contributed by atoms with Crippen molar-refractivity contribution in [2.45, 2.75) is 25.4 Å². The minimum atomic E-state index is 0. The van der Waals surface area contributed by atoms with Crippen molar-refractivity contribution in [2.75, 3.05) is 6.54 Å². The summed E-state index contributed by atoms with van der Waals surface area (Å²) in [7, 11) is 0. The van der Waals surface area contributed by atoms with Crippen LogP contribution in [0.25, 0.3) is 0 Å². The highest BCUT2D eigenvalue weighted by Crippen LogP contribution is 2.05. The highest BCUT2D eigenvalue weighted by atomic mass is 35.5. The Labute approximate surface area is 102 Å². The van der Waals surface area contributed by atoms with Gasteiger partial charge in [0.25, 0.3) is 0 Å². The topological polar surface area (TPSA) is 41.1 Å². The number of carbonyl (C=O) groups excluding carboxylic acids is 1. The maximum Gasteiger partial charge on any atom is 0.220 e. The van der Waals surface area contributed by atoms with Crippen molar-refractivity contribution < 1.29 is 4.79 Å². The fraction of sp³-hybridized carbons (Fsp3) is 0.417. The van der Waals surface area contributed by atoms with Crippen LogP contribution in [0.5, 0.6) is 0 Å². The molecule has 1 saturated heterocycles. The summed E-state index contributed by atoms with van der Waals surface area (Å²) in [6.45, 7) is 1.73. The first kappa shape index (κ1) is 13.0. The Kier molecular flexibility index (Phi) is 5.29. The fourth-order valence-electron chi connectivity index (χ4n) is 1.82. The van der Waals surface area contributed by atoms with Gasteiger partial charge in [-0.3, -0.25) is 4.79 Å². The second kappa shape index (κ2) is 6.51. The molecule has 88 valence electrons. The molecule has 1 amide bonds. The standard InChI is InChI=1S/C12H16N2O.ClH/c15-12-7-6-11(14-12)9-13-8-10-4-2-1-3-5-10;/h1-5,11,13H,6-9H2,(H,14,15);1H/t11-;/m1./s1. The third kappa shape index (κ3) is 3.83. The van der Waals surface area contributed by atoms with Crippen molar-refractivity contribution >= 4 is 18.3 Å². The van der Waals surface area contributed by atoms with Crippen LogP contribution in [0.4, 0.5) is 0 Å². The Bertz CT molecular complexity index is 329. The number of hydrogen-bond acceptors (Lipinski definition) is 2. The summed E-state index contributed by atoms with van der Waals surface area (Å²) in [4.78, 5) is 10.9. The van der Waals surface area contributed by atoms with Crippen molar-refractivity contribution in [3.05, 3.63) is 35.9 Å². The molecule has 1 heterocycles. The molecule has 0 aliphatic carbocycles. The van der Waals surface area contributed by atoms with Gasteiger partial charge in [0.05, 0.1) is 0 Å². The first-order valence-corrected chi connectivity index (χ1v) is 5.38. The summed E-state index contributed by atoms with van der Waals surface area (Å²) in [5, 5.41) is 6.29. The Hall–Kier alpha value is -1.06. The monoisotopic (exact) mass is 240 g/mol. The minimum absolute atomic E-state index is 0. The van der Waals surface area contributed by atoms with E-state index in [2.05, 4.69) is 22.8 Å². The van der Waals surface area contributed by atoms with Gasteiger partial charge in [-0.2, -0.15) is 0 Å². The van der Waals surface area contributed by atoms with E-state index in [4.69, 9.17) is 0 Å². The second-order valence-corrected chi connectivity index (χ2v) is 3.92. The summed E-state index contributed by atoms with van der Waals surface area (Å²) >= 11 is 0. The van der Waals surface area contributed by atoms with E-state index in [1.54, 1.807) is 0 Å². The first-order chi connectivity index (χ1) is 7.34. The molecular formula is C12H17ClN2O. The number of hydrogen-bond donors (Lipinski definition) is 2. The predicted octanol–water partition coefficient (Wildman–Crippen LogP) is 1.48. The highest BCUT2D eigenvalue weighted by Gasteiger charge is 2.19. The van der Waals surface area contributed by atoms with Crippen molar-refractivity contribution in [3.63, 3.8) is 0 Å². The minimum Gasteiger partial charge on any atom is -0.352 e. The molecule has 1 aromatic rings. The average molecular weight is 241 g/mol. The highest BCUT2D eigenvalue weighted by molar-refractivity contribution is 5.85. The number of benzene rings is 1. The summed E-state index contributed by atoms with van der Waals surface area (Å²) in [6.07, 6.45) is 1.64. The summed E-state index contributed by atoms with van der Waals surface area (Å²) in [5.74, 6) is 0.182. The maximum absolute atomic E-state index is 10.9. The average Bonchev–Trinajstić information content (AvgIpc) is 2.66. The largest absolute Gasteiger partial charge is 0.352 e. The second-order valence-electron chi connectivity index (χ2n) is 3.92. The number of halogens is 1. The number of carbonyl (C=O) groups is 1. The van der Waals surface area contributed by atoms with E-state index in [0.29, 0.717) is 12.5 Å². The van der Waals surface area contributed by atoms with Crippen LogP contribution in [0.15, 0.2) is 30.3 Å². The molecule has 3 nitrogen and oxygen atoms in total. The van der Waals surface area contributed by atoms with E-state index in [9.17, 15) is 4.79 Å². The summed E-state index contributed by atoms with van der Waals surface area (Å²) < 4.78 is 0. The van der Waals surface area contributed by atoms with Crippen LogP contribution in [0, 0.1) is 0 Å². The van der Waals surface area contributed by atoms with Crippen LogP contribution in [-0.2, 0) is 11.3 Å². The van der Waals surface area contributed by atoms with Crippen LogP contribution in [0.2, 0.25) is 0 Å². The Balaban J connectivity index is 0.00000128. The zero-order valence-electron chi connectivity index (χ0n) is 9.11. The van der Waals surface area contributed by atoms with Crippen molar-refractivity contribution in [1.82, 2.24) is 10.6 Å². The molecule has 1 aliphatic heterocycles. The van der Waals surface area contributed by atoms with Crippen LogP contribution in [0.3, 0.4) is 0 Å². The van der Waals surface area contributed by atoms with Gasteiger partial charge in [0.1, 0.15) is 0 Å². The lowest BCUT2D eigenvalue weighted by Crippen LogP contribution is -2.35. The van der Waals surface area contributed by atoms with E-state index in [0.717, 1.165) is 19.5 Å². The molecular weight excluding hydrogens is 224 g/mol. The normalized spacial score (nSPS) is 19.0. The Morgan fingerprint density at radius 3 is 2.69 bits per heavy atom. The zero-order chi connectivity index (χ0) is 10.5. The fourth-order valence-corrected chi connectivity index (χ4v) is 1.82. The molecule has 0 aromatic heterocycles. The van der Waals surface area contributed by atoms with Crippen molar-refractivity contribution in [3.8, 4) is 0 Å². The molecule has 2 rings (SSSR count). The Morgan fingerprint density at radius 2 is 2.06 bits per heavy atom. The molecule has 0 spiro atoms. The van der Waals surface area contributed by atoms with E-state index < -0.39 is 0 Å². The van der Waals surface area contributed by atoms with Crippen molar-refractivity contribution in [2.24, 2.45) is 0 Å². The van der Waals surface area contributed by atoms with Gasteiger partial charge in [0.15, 0.2) is 0 Å². The van der Waals surface area contributed by atoms with Gasteiger partial charge in [-0.1, -0.05) is 30.3 Å². The lowest BCUT2D eigenvalue weighted by Gasteiger charge is -2.10. The first-order valence-electron chi connectivity index (χ1n) is 5.38. The maximum atomic E-state index is 10.9. The van der Waals surface area contributed by atoms with Crippen LogP contribution in [0.1, 0.15) is 18.4 Å². The predicted molar refractivity (Wildman–Crippen MR) is 66.6 cm³/mol. The molecule has 1 aliphatic rings. The lowest BCUT2D eigenvalue weighted by molar-refractivity contribution is -0.119. The summed E-state index contributed by atoms with van der Waals surface area (Å²) in [6, 6.07) is 10.6. The quantitative estimate of drug-likeness (QED) is 0.837. The van der Waals surface area contributed by atoms with Gasteiger partial charge < -0.3 is 10.6 Å². The van der Waals surface area contributed by atoms with E-state index in [1.165, 1.54) is 5.56 Å². The molecule has 1 aromatic carbocycles. The van der Waals surface area contributed by atoms with E-state index in [1.807, 2.05) is 18.2 Å². The molecule has 1 fully saturated rings. The molecule has 2 N–H and O–H groups in total. The molecule has 4 heteroatoms. The third-order valence-electron chi connectivity index (χ3n) is 2.65. The van der Waals surface area contributed by atoms with Gasteiger partial charge in [-0.25, -0.2) is 0 Å². The number of amides is 1. The number of rotatable bonds is 4. The van der Waals surface area contributed by atoms with Gasteiger partial charge in [-0.05, 0) is 12.0 Å². The molecule has 0 saturated carbocycles. The lowest BCUT2D eigenvalue weighted by atomic mass is 10.2. The Morgan fingerprint density at radius 1 is 1.31 bits per heavy atom. The van der Waals surface area contributed by atoms with Crippen LogP contribution >= 0.6 is 12.4 Å². The zero-order valence-corrected chi connectivity index (χ0v) is 9.93. The van der Waals surface area contributed by atoms with E-state index >= 15 is 0 Å². The van der Waals surface area contributed by atoms with Gasteiger partial charge >= 0.3 is 0 Å².